The lowest BCUT2D eigenvalue weighted by molar-refractivity contribution is 0.102. The van der Waals surface area contributed by atoms with Crippen LogP contribution in [-0.2, 0) is 6.54 Å². The van der Waals surface area contributed by atoms with E-state index in [1.54, 1.807) is 24.4 Å². The van der Waals surface area contributed by atoms with Crippen molar-refractivity contribution in [2.75, 3.05) is 10.6 Å². The fraction of sp³-hybridized carbons (Fsp3) is 0.0526. The lowest BCUT2D eigenvalue weighted by Crippen LogP contribution is -2.12. The average molecular weight is 339 g/mol. The first-order valence-corrected chi connectivity index (χ1v) is 7.60. The summed E-state index contributed by atoms with van der Waals surface area (Å²) in [6.45, 7) is 0.477. The second-order valence-corrected chi connectivity index (χ2v) is 5.40. The molecule has 25 heavy (non-hydrogen) atoms. The minimum atomic E-state index is -0.369. The lowest BCUT2D eigenvalue weighted by atomic mass is 10.2. The fourth-order valence-electron chi connectivity index (χ4n) is 2.20. The van der Waals surface area contributed by atoms with E-state index in [9.17, 15) is 13.6 Å². The molecule has 3 aromatic rings. The number of hydrogen-bond acceptors (Lipinski definition) is 3. The Balaban J connectivity index is 1.64. The number of carbonyl (C=O) groups excluding carboxylic acids is 1. The van der Waals surface area contributed by atoms with Crippen LogP contribution in [0.15, 0.2) is 67.0 Å². The number of halogens is 2. The smallest absolute Gasteiger partial charge is 0.257 e. The number of pyridine rings is 1. The number of aromatic nitrogens is 1. The third-order valence-corrected chi connectivity index (χ3v) is 3.51. The highest BCUT2D eigenvalue weighted by molar-refractivity contribution is 6.04. The van der Waals surface area contributed by atoms with Crippen molar-refractivity contribution in [1.29, 1.82) is 0 Å². The van der Waals surface area contributed by atoms with Crippen molar-refractivity contribution in [2.24, 2.45) is 0 Å². The Kier molecular flexibility index (Phi) is 4.99. The van der Waals surface area contributed by atoms with Gasteiger partial charge in [-0.05, 0) is 48.0 Å². The van der Waals surface area contributed by atoms with Crippen molar-refractivity contribution in [3.63, 3.8) is 0 Å². The number of amides is 1. The largest absolute Gasteiger partial charge is 0.380 e. The van der Waals surface area contributed by atoms with Crippen molar-refractivity contribution in [1.82, 2.24) is 4.98 Å². The van der Waals surface area contributed by atoms with Gasteiger partial charge in [0.25, 0.3) is 5.91 Å². The van der Waals surface area contributed by atoms with Crippen LogP contribution in [-0.4, -0.2) is 10.9 Å². The molecule has 0 saturated heterocycles. The highest BCUT2D eigenvalue weighted by atomic mass is 19.1. The standard InChI is InChI=1S/C19H15F2N3O/c20-15-3-1-13(2-4-15)10-23-18-9-14(11-22-12-18)19(25)24-17-7-5-16(21)6-8-17/h1-9,11-12,23H,10H2,(H,24,25). The number of carbonyl (C=O) groups is 1. The van der Waals surface area contributed by atoms with E-state index < -0.39 is 0 Å². The van der Waals surface area contributed by atoms with E-state index in [1.807, 2.05) is 0 Å². The summed E-state index contributed by atoms with van der Waals surface area (Å²) >= 11 is 0. The highest BCUT2D eigenvalue weighted by Crippen LogP contribution is 2.14. The molecule has 0 bridgehead atoms. The fourth-order valence-corrected chi connectivity index (χ4v) is 2.20. The van der Waals surface area contributed by atoms with Crippen molar-refractivity contribution >= 4 is 17.3 Å². The summed E-state index contributed by atoms with van der Waals surface area (Å²) in [5.74, 6) is -0.999. The molecule has 0 atom stereocenters. The molecule has 1 heterocycles. The van der Waals surface area contributed by atoms with Gasteiger partial charge in [0.1, 0.15) is 11.6 Å². The predicted octanol–water partition coefficient (Wildman–Crippen LogP) is 4.22. The first kappa shape index (κ1) is 16.6. The van der Waals surface area contributed by atoms with Gasteiger partial charge in [-0.25, -0.2) is 8.78 Å². The topological polar surface area (TPSA) is 54.0 Å². The molecule has 2 N–H and O–H groups in total. The predicted molar refractivity (Wildman–Crippen MR) is 92.3 cm³/mol. The summed E-state index contributed by atoms with van der Waals surface area (Å²) in [7, 11) is 0. The summed E-state index contributed by atoms with van der Waals surface area (Å²) in [6.07, 6.45) is 3.04. The lowest BCUT2D eigenvalue weighted by Gasteiger charge is -2.09. The first-order valence-electron chi connectivity index (χ1n) is 7.60. The quantitative estimate of drug-likeness (QED) is 0.732. The third kappa shape index (κ3) is 4.60. The molecule has 4 nitrogen and oxygen atoms in total. The van der Waals surface area contributed by atoms with Crippen LogP contribution in [0, 0.1) is 11.6 Å². The molecule has 0 radical (unpaired) electrons. The Hall–Kier alpha value is -3.28. The van der Waals surface area contributed by atoms with Crippen LogP contribution in [0.4, 0.5) is 20.2 Å². The number of anilines is 2. The van der Waals surface area contributed by atoms with Gasteiger partial charge in [-0.15, -0.1) is 0 Å². The molecule has 0 spiro atoms. The number of benzene rings is 2. The molecule has 1 amide bonds. The molecule has 6 heteroatoms. The van der Waals surface area contributed by atoms with Crippen LogP contribution < -0.4 is 10.6 Å². The van der Waals surface area contributed by atoms with Crippen LogP contribution in [0.5, 0.6) is 0 Å². The van der Waals surface area contributed by atoms with Gasteiger partial charge in [-0.2, -0.15) is 0 Å². The van der Waals surface area contributed by atoms with Crippen molar-refractivity contribution in [3.8, 4) is 0 Å². The Morgan fingerprint density at radius 2 is 1.52 bits per heavy atom. The van der Waals surface area contributed by atoms with Crippen LogP contribution in [0.25, 0.3) is 0 Å². The summed E-state index contributed by atoms with van der Waals surface area (Å²) in [5.41, 5.74) is 2.43. The zero-order valence-corrected chi connectivity index (χ0v) is 13.2. The molecule has 0 unspecified atom stereocenters. The van der Waals surface area contributed by atoms with E-state index in [2.05, 4.69) is 15.6 Å². The monoisotopic (exact) mass is 339 g/mol. The maximum absolute atomic E-state index is 12.9. The molecular formula is C19H15F2N3O. The van der Waals surface area contributed by atoms with E-state index >= 15 is 0 Å². The number of hydrogen-bond donors (Lipinski definition) is 2. The van der Waals surface area contributed by atoms with Gasteiger partial charge in [0, 0.05) is 24.6 Å². The molecule has 126 valence electrons. The van der Waals surface area contributed by atoms with Crippen LogP contribution in [0.2, 0.25) is 0 Å². The van der Waals surface area contributed by atoms with Gasteiger partial charge >= 0.3 is 0 Å². The molecule has 0 aliphatic carbocycles. The van der Waals surface area contributed by atoms with Gasteiger partial charge in [-0.3, -0.25) is 9.78 Å². The zero-order chi connectivity index (χ0) is 17.6. The van der Waals surface area contributed by atoms with Crippen LogP contribution >= 0.6 is 0 Å². The number of nitrogens with one attached hydrogen (secondary N) is 2. The minimum Gasteiger partial charge on any atom is -0.380 e. The molecule has 0 fully saturated rings. The highest BCUT2D eigenvalue weighted by Gasteiger charge is 2.08. The Morgan fingerprint density at radius 3 is 2.20 bits per heavy atom. The summed E-state index contributed by atoms with van der Waals surface area (Å²) in [5, 5.41) is 5.81. The SMILES string of the molecule is O=C(Nc1ccc(F)cc1)c1cncc(NCc2ccc(F)cc2)c1. The van der Waals surface area contributed by atoms with Gasteiger partial charge in [0.05, 0.1) is 11.3 Å². The molecule has 0 aliphatic rings. The van der Waals surface area contributed by atoms with E-state index in [1.165, 1.54) is 42.6 Å². The Bertz CT molecular complexity index is 865. The Labute approximate surface area is 143 Å². The van der Waals surface area contributed by atoms with Gasteiger partial charge in [-0.1, -0.05) is 12.1 Å². The van der Waals surface area contributed by atoms with Gasteiger partial charge < -0.3 is 10.6 Å². The normalized spacial score (nSPS) is 10.3. The van der Waals surface area contributed by atoms with Gasteiger partial charge in [0.2, 0.25) is 0 Å². The number of nitrogens with zero attached hydrogens (tertiary/aromatic N) is 1. The maximum atomic E-state index is 12.9. The number of rotatable bonds is 5. The van der Waals surface area contributed by atoms with Crippen LogP contribution in [0.3, 0.4) is 0 Å². The molecule has 0 aliphatic heterocycles. The van der Waals surface area contributed by atoms with Crippen molar-refractivity contribution in [2.45, 2.75) is 6.54 Å². The molecular weight excluding hydrogens is 324 g/mol. The average Bonchev–Trinajstić information content (AvgIpc) is 2.63. The van der Waals surface area contributed by atoms with Crippen LogP contribution in [0.1, 0.15) is 15.9 Å². The molecule has 1 aromatic heterocycles. The van der Waals surface area contributed by atoms with Gasteiger partial charge in [0.15, 0.2) is 0 Å². The summed E-state index contributed by atoms with van der Waals surface area (Å²) in [6, 6.07) is 13.3. The summed E-state index contributed by atoms with van der Waals surface area (Å²) < 4.78 is 25.8. The van der Waals surface area contributed by atoms with E-state index in [0.717, 1.165) is 5.56 Å². The zero-order valence-electron chi connectivity index (χ0n) is 13.2. The van der Waals surface area contributed by atoms with E-state index in [0.29, 0.717) is 23.5 Å². The first-order chi connectivity index (χ1) is 12.1. The third-order valence-electron chi connectivity index (χ3n) is 3.51. The van der Waals surface area contributed by atoms with Crippen molar-refractivity contribution < 1.29 is 13.6 Å². The second kappa shape index (κ2) is 7.53. The van der Waals surface area contributed by atoms with Crippen molar-refractivity contribution in [3.05, 3.63) is 89.8 Å². The molecule has 0 saturated carbocycles. The molecule has 2 aromatic carbocycles. The minimum absolute atomic E-state index is 0.287. The molecule has 3 rings (SSSR count). The Morgan fingerprint density at radius 1 is 0.880 bits per heavy atom. The maximum Gasteiger partial charge on any atom is 0.257 e. The summed E-state index contributed by atoms with van der Waals surface area (Å²) in [4.78, 5) is 16.3. The van der Waals surface area contributed by atoms with E-state index in [4.69, 9.17) is 0 Å². The van der Waals surface area contributed by atoms with E-state index in [-0.39, 0.29) is 17.5 Å². The second-order valence-electron chi connectivity index (χ2n) is 5.40.